The molecule has 1 saturated heterocycles. The highest BCUT2D eigenvalue weighted by molar-refractivity contribution is 7.89. The minimum absolute atomic E-state index is 0.175. The lowest BCUT2D eigenvalue weighted by Gasteiger charge is -2.33. The van der Waals surface area contributed by atoms with E-state index < -0.39 is 14.9 Å². The number of hydrogen-bond donors (Lipinski definition) is 0. The van der Waals surface area contributed by atoms with Gasteiger partial charge in [-0.15, -0.1) is 0 Å². The molecule has 0 atom stereocenters. The van der Waals surface area contributed by atoms with Gasteiger partial charge < -0.3 is 4.90 Å². The number of sulfonamides is 1. The van der Waals surface area contributed by atoms with Gasteiger partial charge in [0, 0.05) is 26.2 Å². The molecule has 0 N–H and O–H groups in total. The second-order valence-corrected chi connectivity index (χ2v) is 8.22. The van der Waals surface area contributed by atoms with Gasteiger partial charge in [-0.2, -0.15) is 4.31 Å². The molecule has 2 aromatic rings. The molecule has 1 fully saturated rings. The van der Waals surface area contributed by atoms with Gasteiger partial charge in [0.2, 0.25) is 16.0 Å². The third-order valence-corrected chi connectivity index (χ3v) is 6.37. The average molecular weight is 391 g/mol. The lowest BCUT2D eigenvalue weighted by Crippen LogP contribution is -2.49. The van der Waals surface area contributed by atoms with Crippen LogP contribution < -0.4 is 4.90 Å². The van der Waals surface area contributed by atoms with E-state index in [2.05, 4.69) is 16.9 Å². The van der Waals surface area contributed by atoms with Gasteiger partial charge in [-0.05, 0) is 24.1 Å². The summed E-state index contributed by atoms with van der Waals surface area (Å²) in [4.78, 5) is 20.2. The highest BCUT2D eigenvalue weighted by Gasteiger charge is 2.29. The molecule has 3 rings (SSSR count). The highest BCUT2D eigenvalue weighted by atomic mass is 32.2. The first-order valence-electron chi connectivity index (χ1n) is 8.72. The molecule has 1 aromatic heterocycles. The Hall–Kier alpha value is -2.59. The molecule has 0 spiro atoms. The number of hydrogen-bond acceptors (Lipinski definition) is 7. The molecule has 0 unspecified atom stereocenters. The maximum atomic E-state index is 12.8. The van der Waals surface area contributed by atoms with Crippen LogP contribution in [0.15, 0.2) is 41.6 Å². The Balaban J connectivity index is 1.66. The summed E-state index contributed by atoms with van der Waals surface area (Å²) in [5.41, 5.74) is 0.947. The zero-order valence-electron chi connectivity index (χ0n) is 15.0. The summed E-state index contributed by atoms with van der Waals surface area (Å²) in [5.74, 6) is 0.363. The standard InChI is InChI=1S/C17H21N5O4S/c1-2-3-14-4-6-16(7-5-14)27(25,26)21-10-8-20(9-11-21)17-18-12-15(13-19-17)22(23)24/h4-7,12-13H,2-3,8-11H2,1H3. The van der Waals surface area contributed by atoms with E-state index in [1.54, 1.807) is 12.1 Å². The summed E-state index contributed by atoms with van der Waals surface area (Å²) in [6.07, 6.45) is 4.25. The number of rotatable bonds is 6. The summed E-state index contributed by atoms with van der Waals surface area (Å²) >= 11 is 0. The van der Waals surface area contributed by atoms with Gasteiger partial charge in [-0.1, -0.05) is 25.5 Å². The summed E-state index contributed by atoms with van der Waals surface area (Å²) < 4.78 is 27.1. The van der Waals surface area contributed by atoms with Crippen molar-refractivity contribution < 1.29 is 13.3 Å². The Labute approximate surface area is 157 Å². The molecule has 1 aliphatic rings. The number of nitrogens with zero attached hydrogens (tertiary/aromatic N) is 5. The number of benzene rings is 1. The van der Waals surface area contributed by atoms with Crippen molar-refractivity contribution in [3.05, 3.63) is 52.3 Å². The van der Waals surface area contributed by atoms with Crippen molar-refractivity contribution >= 4 is 21.7 Å². The quantitative estimate of drug-likeness (QED) is 0.546. The third-order valence-electron chi connectivity index (χ3n) is 4.46. The molecular formula is C17H21N5O4S. The average Bonchev–Trinajstić information content (AvgIpc) is 2.69. The first-order chi connectivity index (χ1) is 12.9. The van der Waals surface area contributed by atoms with Crippen LogP contribution in [0, 0.1) is 10.1 Å². The van der Waals surface area contributed by atoms with Crippen LogP contribution in [0.5, 0.6) is 0 Å². The predicted octanol–water partition coefficient (Wildman–Crippen LogP) is 1.85. The van der Waals surface area contributed by atoms with E-state index in [1.165, 1.54) is 4.31 Å². The zero-order chi connectivity index (χ0) is 19.4. The summed E-state index contributed by atoms with van der Waals surface area (Å²) in [6, 6.07) is 7.03. The number of aryl methyl sites for hydroxylation is 1. The largest absolute Gasteiger partial charge is 0.338 e. The molecule has 0 saturated carbocycles. The van der Waals surface area contributed by atoms with Crippen molar-refractivity contribution in [2.45, 2.75) is 24.7 Å². The van der Waals surface area contributed by atoms with Gasteiger partial charge in [-0.3, -0.25) is 10.1 Å². The van der Waals surface area contributed by atoms with Crippen LogP contribution in [0.2, 0.25) is 0 Å². The van der Waals surface area contributed by atoms with Crippen molar-refractivity contribution in [2.24, 2.45) is 0 Å². The number of anilines is 1. The third kappa shape index (κ3) is 4.22. The molecule has 9 nitrogen and oxygen atoms in total. The van der Waals surface area contributed by atoms with Crippen molar-refractivity contribution in [1.29, 1.82) is 0 Å². The Bertz CT molecular complexity index is 892. The fourth-order valence-electron chi connectivity index (χ4n) is 2.97. The SMILES string of the molecule is CCCc1ccc(S(=O)(=O)N2CCN(c3ncc([N+](=O)[O-])cn3)CC2)cc1. The van der Waals surface area contributed by atoms with E-state index in [0.717, 1.165) is 30.8 Å². The Morgan fingerprint density at radius 2 is 1.67 bits per heavy atom. The lowest BCUT2D eigenvalue weighted by atomic mass is 10.1. The molecule has 27 heavy (non-hydrogen) atoms. The van der Waals surface area contributed by atoms with Crippen LogP contribution in [0.4, 0.5) is 11.6 Å². The van der Waals surface area contributed by atoms with Crippen molar-refractivity contribution in [3.8, 4) is 0 Å². The monoisotopic (exact) mass is 391 g/mol. The maximum absolute atomic E-state index is 12.8. The Morgan fingerprint density at radius 1 is 1.07 bits per heavy atom. The molecule has 1 aromatic carbocycles. The van der Waals surface area contributed by atoms with Crippen LogP contribution in [-0.2, 0) is 16.4 Å². The molecule has 0 bridgehead atoms. The van der Waals surface area contributed by atoms with Gasteiger partial charge in [0.1, 0.15) is 12.4 Å². The predicted molar refractivity (Wildman–Crippen MR) is 100 cm³/mol. The summed E-state index contributed by atoms with van der Waals surface area (Å²) in [5, 5.41) is 10.7. The molecule has 0 radical (unpaired) electrons. The fraction of sp³-hybridized carbons (Fsp3) is 0.412. The molecule has 10 heteroatoms. The number of nitro groups is 1. The Kier molecular flexibility index (Phi) is 5.66. The fourth-order valence-corrected chi connectivity index (χ4v) is 4.39. The van der Waals surface area contributed by atoms with Crippen LogP contribution in [0.1, 0.15) is 18.9 Å². The lowest BCUT2D eigenvalue weighted by molar-refractivity contribution is -0.385. The molecule has 1 aliphatic heterocycles. The minimum Gasteiger partial charge on any atom is -0.338 e. The first kappa shape index (κ1) is 19.2. The van der Waals surface area contributed by atoms with Crippen LogP contribution in [0.3, 0.4) is 0 Å². The van der Waals surface area contributed by atoms with Crippen LogP contribution in [-0.4, -0.2) is 53.8 Å². The van der Waals surface area contributed by atoms with Gasteiger partial charge >= 0.3 is 5.69 Å². The van der Waals surface area contributed by atoms with E-state index in [4.69, 9.17) is 0 Å². The topological polar surface area (TPSA) is 110 Å². The van der Waals surface area contributed by atoms with Crippen LogP contribution in [0.25, 0.3) is 0 Å². The Morgan fingerprint density at radius 3 is 2.19 bits per heavy atom. The van der Waals surface area contributed by atoms with E-state index in [0.29, 0.717) is 37.0 Å². The molecular weight excluding hydrogens is 370 g/mol. The second-order valence-electron chi connectivity index (χ2n) is 6.28. The van der Waals surface area contributed by atoms with Gasteiger partial charge in [0.25, 0.3) is 0 Å². The van der Waals surface area contributed by atoms with Gasteiger partial charge in [0.05, 0.1) is 9.82 Å². The van der Waals surface area contributed by atoms with Gasteiger partial charge in [0.15, 0.2) is 0 Å². The van der Waals surface area contributed by atoms with Crippen molar-refractivity contribution in [1.82, 2.24) is 14.3 Å². The van der Waals surface area contributed by atoms with Crippen molar-refractivity contribution in [3.63, 3.8) is 0 Å². The second kappa shape index (κ2) is 7.97. The van der Waals surface area contributed by atoms with Crippen molar-refractivity contribution in [2.75, 3.05) is 31.1 Å². The zero-order valence-corrected chi connectivity index (χ0v) is 15.8. The molecule has 0 aliphatic carbocycles. The highest BCUT2D eigenvalue weighted by Crippen LogP contribution is 2.20. The molecule has 144 valence electrons. The van der Waals surface area contributed by atoms with E-state index >= 15 is 0 Å². The van der Waals surface area contributed by atoms with Crippen LogP contribution >= 0.6 is 0 Å². The minimum atomic E-state index is -3.54. The van der Waals surface area contributed by atoms with E-state index in [-0.39, 0.29) is 5.69 Å². The molecule has 2 heterocycles. The normalized spacial score (nSPS) is 15.7. The van der Waals surface area contributed by atoms with E-state index in [1.807, 2.05) is 17.0 Å². The smallest absolute Gasteiger partial charge is 0.305 e. The molecule has 0 amide bonds. The van der Waals surface area contributed by atoms with Gasteiger partial charge in [-0.25, -0.2) is 18.4 Å². The van der Waals surface area contributed by atoms with E-state index in [9.17, 15) is 18.5 Å². The number of piperazine rings is 1. The first-order valence-corrected chi connectivity index (χ1v) is 10.2. The summed E-state index contributed by atoms with van der Waals surface area (Å²) in [6.45, 7) is 3.54. The maximum Gasteiger partial charge on any atom is 0.305 e. The summed E-state index contributed by atoms with van der Waals surface area (Å²) in [7, 11) is -3.54. The number of aromatic nitrogens is 2.